The molecule has 1 heterocycles. The number of nitrogens with zero attached hydrogens (tertiary/aromatic N) is 2. The molecule has 0 saturated carbocycles. The quantitative estimate of drug-likeness (QED) is 0.441. The second-order valence-corrected chi connectivity index (χ2v) is 6.35. The van der Waals surface area contributed by atoms with Gasteiger partial charge in [-0.05, 0) is 36.4 Å². The smallest absolute Gasteiger partial charge is 0.870 e. The van der Waals surface area contributed by atoms with Gasteiger partial charge in [-0.2, -0.15) is 17.6 Å². The van der Waals surface area contributed by atoms with Crippen LogP contribution in [-0.2, 0) is 0 Å². The molecule has 12 heteroatoms. The Morgan fingerprint density at radius 2 is 1.77 bits per heavy atom. The standard InChI is InChI=1S/C18H11Cl2F4N3O.Na.H2O/c19-10-4-5-14(20)13(8-10)15-6-7-25-17(27-15)26-11-2-1-3-12(9-11)28-18(23,24)16(21)22;;/h1-9,16H,(H,25,26,27);;1H2/q;+1;/p-1. The number of nitrogens with one attached hydrogen (secondary N) is 1. The van der Waals surface area contributed by atoms with E-state index in [2.05, 4.69) is 20.0 Å². The predicted molar refractivity (Wildman–Crippen MR) is 101 cm³/mol. The van der Waals surface area contributed by atoms with Crippen molar-refractivity contribution in [3.05, 3.63) is 64.8 Å². The first-order chi connectivity index (χ1) is 13.2. The molecule has 1 aromatic heterocycles. The molecule has 0 aliphatic carbocycles. The summed E-state index contributed by atoms with van der Waals surface area (Å²) in [6.45, 7) is 0. The van der Waals surface area contributed by atoms with E-state index in [1.807, 2.05) is 0 Å². The largest absolute Gasteiger partial charge is 1.00 e. The zero-order valence-corrected chi connectivity index (χ0v) is 18.8. The summed E-state index contributed by atoms with van der Waals surface area (Å²) >= 11 is 12.1. The average molecular weight is 472 g/mol. The van der Waals surface area contributed by atoms with Crippen molar-refractivity contribution in [3.63, 3.8) is 0 Å². The maximum atomic E-state index is 13.1. The van der Waals surface area contributed by atoms with E-state index >= 15 is 0 Å². The number of hydrogen-bond acceptors (Lipinski definition) is 5. The molecule has 0 bridgehead atoms. The molecule has 2 N–H and O–H groups in total. The zero-order valence-electron chi connectivity index (χ0n) is 15.3. The van der Waals surface area contributed by atoms with Gasteiger partial charge in [0.2, 0.25) is 5.95 Å². The summed E-state index contributed by atoms with van der Waals surface area (Å²) in [6, 6.07) is 11.6. The number of hydrogen-bond donors (Lipinski definition) is 1. The van der Waals surface area contributed by atoms with Crippen LogP contribution in [0.4, 0.5) is 29.2 Å². The van der Waals surface area contributed by atoms with Crippen molar-refractivity contribution in [2.75, 3.05) is 5.32 Å². The number of benzene rings is 2. The summed E-state index contributed by atoms with van der Waals surface area (Å²) in [6.07, 6.45) is -7.09. The first-order valence-electron chi connectivity index (χ1n) is 7.75. The van der Waals surface area contributed by atoms with Crippen molar-refractivity contribution in [3.8, 4) is 17.0 Å². The fraction of sp³-hybridized carbons (Fsp3) is 0.111. The molecule has 5 nitrogen and oxygen atoms in total. The van der Waals surface area contributed by atoms with Crippen LogP contribution < -0.4 is 39.6 Å². The van der Waals surface area contributed by atoms with Gasteiger partial charge < -0.3 is 15.5 Å². The summed E-state index contributed by atoms with van der Waals surface area (Å²) in [7, 11) is 0. The van der Waals surface area contributed by atoms with Gasteiger partial charge in [0.1, 0.15) is 5.75 Å². The van der Waals surface area contributed by atoms with Crippen LogP contribution in [0.15, 0.2) is 54.7 Å². The zero-order chi connectivity index (χ0) is 20.3. The minimum Gasteiger partial charge on any atom is -0.870 e. The minimum absolute atomic E-state index is 0. The van der Waals surface area contributed by atoms with E-state index in [9.17, 15) is 17.6 Å². The van der Waals surface area contributed by atoms with E-state index < -0.39 is 18.3 Å². The van der Waals surface area contributed by atoms with Crippen LogP contribution >= 0.6 is 23.2 Å². The third kappa shape index (κ3) is 6.69. The molecule has 0 fully saturated rings. The molecule has 0 radical (unpaired) electrons. The summed E-state index contributed by atoms with van der Waals surface area (Å²) < 4.78 is 54.8. The molecule has 0 unspecified atom stereocenters. The Balaban J connectivity index is 0.00000225. The Bertz CT molecular complexity index is 999. The number of ether oxygens (including phenoxy) is 1. The topological polar surface area (TPSA) is 77.0 Å². The summed E-state index contributed by atoms with van der Waals surface area (Å²) in [5.41, 5.74) is 1.31. The third-order valence-electron chi connectivity index (χ3n) is 3.46. The van der Waals surface area contributed by atoms with Crippen LogP contribution in [0.3, 0.4) is 0 Å². The Labute approximate surface area is 201 Å². The van der Waals surface area contributed by atoms with E-state index in [0.29, 0.717) is 21.3 Å². The van der Waals surface area contributed by atoms with Crippen LogP contribution in [-0.4, -0.2) is 28.0 Å². The third-order valence-corrected chi connectivity index (χ3v) is 4.02. The van der Waals surface area contributed by atoms with Crippen molar-refractivity contribution in [1.29, 1.82) is 0 Å². The molecule has 0 atom stereocenters. The van der Waals surface area contributed by atoms with Gasteiger partial charge in [-0.3, -0.25) is 0 Å². The molecule has 0 amide bonds. The number of halogens is 6. The Kier molecular flexibility index (Phi) is 9.80. The molecule has 3 rings (SSSR count). The fourth-order valence-electron chi connectivity index (χ4n) is 2.23. The molecular weight excluding hydrogens is 460 g/mol. The van der Waals surface area contributed by atoms with Gasteiger partial charge in [0.25, 0.3) is 0 Å². The van der Waals surface area contributed by atoms with Crippen LogP contribution in [0.2, 0.25) is 10.0 Å². The number of anilines is 2. The maximum absolute atomic E-state index is 13.1. The van der Waals surface area contributed by atoms with Crippen molar-refractivity contribution in [2.24, 2.45) is 0 Å². The molecule has 0 spiro atoms. The second-order valence-electron chi connectivity index (χ2n) is 5.51. The van der Waals surface area contributed by atoms with Gasteiger partial charge in [-0.15, -0.1) is 0 Å². The van der Waals surface area contributed by atoms with E-state index in [-0.39, 0.29) is 46.7 Å². The van der Waals surface area contributed by atoms with Crippen molar-refractivity contribution in [1.82, 2.24) is 9.97 Å². The van der Waals surface area contributed by atoms with Crippen molar-refractivity contribution in [2.45, 2.75) is 12.5 Å². The summed E-state index contributed by atoms with van der Waals surface area (Å²) in [4.78, 5) is 8.34. The van der Waals surface area contributed by atoms with Crippen LogP contribution in [0.5, 0.6) is 5.75 Å². The SMILES string of the molecule is FC(F)C(F)(F)Oc1cccc(Nc2nccc(-c3cc(Cl)ccc3Cl)n2)c1.[Na+].[OH-]. The van der Waals surface area contributed by atoms with Crippen LogP contribution in [0.25, 0.3) is 11.3 Å². The van der Waals surface area contributed by atoms with E-state index in [4.69, 9.17) is 23.2 Å². The van der Waals surface area contributed by atoms with E-state index in [1.54, 1.807) is 24.3 Å². The van der Waals surface area contributed by atoms with Crippen molar-refractivity contribution < 1.29 is 57.3 Å². The van der Waals surface area contributed by atoms with Crippen molar-refractivity contribution >= 4 is 34.8 Å². The fourth-order valence-corrected chi connectivity index (χ4v) is 2.62. The summed E-state index contributed by atoms with van der Waals surface area (Å²) in [5.74, 6) is -0.310. The van der Waals surface area contributed by atoms with Gasteiger partial charge in [0.15, 0.2) is 0 Å². The molecule has 3 aromatic rings. The van der Waals surface area contributed by atoms with Gasteiger partial charge in [0.05, 0.1) is 10.7 Å². The van der Waals surface area contributed by atoms with Crippen LogP contribution in [0, 0.1) is 0 Å². The maximum Gasteiger partial charge on any atom is 1.00 e. The minimum atomic E-state index is -4.60. The number of rotatable bonds is 6. The summed E-state index contributed by atoms with van der Waals surface area (Å²) in [5, 5.41) is 3.69. The van der Waals surface area contributed by atoms with Gasteiger partial charge in [-0.1, -0.05) is 29.3 Å². The Morgan fingerprint density at radius 3 is 2.47 bits per heavy atom. The normalized spacial score (nSPS) is 10.8. The van der Waals surface area contributed by atoms with Gasteiger partial charge in [-0.25, -0.2) is 9.97 Å². The number of alkyl halides is 4. The molecule has 0 aliphatic rings. The Morgan fingerprint density at radius 1 is 1.03 bits per heavy atom. The molecular formula is C18H12Cl2F4N3NaO2. The Hall–Kier alpha value is -1.62. The first kappa shape index (κ1) is 26.4. The molecule has 154 valence electrons. The number of aromatic nitrogens is 2. The first-order valence-corrected chi connectivity index (χ1v) is 8.51. The van der Waals surface area contributed by atoms with Crippen LogP contribution in [0.1, 0.15) is 0 Å². The van der Waals surface area contributed by atoms with E-state index in [0.717, 1.165) is 12.1 Å². The van der Waals surface area contributed by atoms with E-state index in [1.165, 1.54) is 18.3 Å². The average Bonchev–Trinajstić information content (AvgIpc) is 2.64. The molecule has 0 aliphatic heterocycles. The second kappa shape index (κ2) is 11.1. The monoisotopic (exact) mass is 471 g/mol. The molecule has 30 heavy (non-hydrogen) atoms. The molecule has 2 aromatic carbocycles. The molecule has 0 saturated heterocycles. The predicted octanol–water partition coefficient (Wildman–Crippen LogP) is 3.26. The van der Waals surface area contributed by atoms with Gasteiger partial charge >= 0.3 is 42.1 Å². The van der Waals surface area contributed by atoms with Gasteiger partial charge in [0, 0.05) is 28.5 Å².